The van der Waals surface area contributed by atoms with E-state index in [1.54, 1.807) is 0 Å². The van der Waals surface area contributed by atoms with Gasteiger partial charge < -0.3 is 10.1 Å². The molecule has 0 aromatic carbocycles. The first-order valence-electron chi connectivity index (χ1n) is 8.53. The molecule has 1 saturated heterocycles. The highest BCUT2D eigenvalue weighted by Crippen LogP contribution is 2.51. The van der Waals surface area contributed by atoms with Crippen molar-refractivity contribution in [1.29, 1.82) is 0 Å². The summed E-state index contributed by atoms with van der Waals surface area (Å²) >= 11 is 0. The summed E-state index contributed by atoms with van der Waals surface area (Å²) in [5, 5.41) is 3.71. The molecule has 0 aromatic rings. The van der Waals surface area contributed by atoms with Crippen LogP contribution in [0.2, 0.25) is 0 Å². The molecule has 1 N–H and O–H groups in total. The molecule has 0 amide bonds. The highest BCUT2D eigenvalue weighted by Gasteiger charge is 2.45. The maximum absolute atomic E-state index is 6.42. The third kappa shape index (κ3) is 3.00. The van der Waals surface area contributed by atoms with Gasteiger partial charge in [0.1, 0.15) is 0 Å². The second-order valence-electron chi connectivity index (χ2n) is 7.67. The van der Waals surface area contributed by atoms with Crippen molar-refractivity contribution in [3.63, 3.8) is 0 Å². The summed E-state index contributed by atoms with van der Waals surface area (Å²) < 4.78 is 6.42. The Bertz CT molecular complexity index is 302. The van der Waals surface area contributed by atoms with Gasteiger partial charge in [-0.2, -0.15) is 0 Å². The van der Waals surface area contributed by atoms with E-state index < -0.39 is 0 Å². The molecule has 110 valence electrons. The SMILES string of the molecule is CC(C)C1(CNCC2CCC3(CCCCC3)O2)CC1. The molecule has 2 heteroatoms. The molecule has 1 heterocycles. The lowest BCUT2D eigenvalue weighted by atomic mass is 9.83. The van der Waals surface area contributed by atoms with Crippen LogP contribution in [0.3, 0.4) is 0 Å². The highest BCUT2D eigenvalue weighted by molar-refractivity contribution is 4.98. The lowest BCUT2D eigenvalue weighted by Crippen LogP contribution is -2.36. The number of hydrogen-bond acceptors (Lipinski definition) is 2. The van der Waals surface area contributed by atoms with E-state index in [9.17, 15) is 0 Å². The molecule has 1 atom stereocenters. The van der Waals surface area contributed by atoms with E-state index >= 15 is 0 Å². The van der Waals surface area contributed by atoms with E-state index in [0.29, 0.717) is 17.1 Å². The molecular weight excluding hydrogens is 234 g/mol. The molecule has 19 heavy (non-hydrogen) atoms. The molecule has 1 aliphatic heterocycles. The monoisotopic (exact) mass is 265 g/mol. The van der Waals surface area contributed by atoms with E-state index in [4.69, 9.17) is 4.74 Å². The predicted molar refractivity (Wildman–Crippen MR) is 79.3 cm³/mol. The molecule has 3 rings (SSSR count). The molecular formula is C17H31NO. The fourth-order valence-corrected chi connectivity index (χ4v) is 4.20. The second-order valence-corrected chi connectivity index (χ2v) is 7.67. The van der Waals surface area contributed by atoms with Crippen molar-refractivity contribution < 1.29 is 4.74 Å². The Balaban J connectivity index is 1.40. The molecule has 0 aromatic heterocycles. The van der Waals surface area contributed by atoms with Crippen molar-refractivity contribution >= 4 is 0 Å². The Morgan fingerprint density at radius 2 is 1.79 bits per heavy atom. The van der Waals surface area contributed by atoms with Crippen LogP contribution in [0.4, 0.5) is 0 Å². The van der Waals surface area contributed by atoms with Gasteiger partial charge in [-0.15, -0.1) is 0 Å². The van der Waals surface area contributed by atoms with Crippen LogP contribution >= 0.6 is 0 Å². The molecule has 2 nitrogen and oxygen atoms in total. The Hall–Kier alpha value is -0.0800. The first-order valence-corrected chi connectivity index (χ1v) is 8.53. The largest absolute Gasteiger partial charge is 0.370 e. The summed E-state index contributed by atoms with van der Waals surface area (Å²) in [6.45, 7) is 7.03. The minimum atomic E-state index is 0.292. The molecule has 3 fully saturated rings. The summed E-state index contributed by atoms with van der Waals surface area (Å²) in [5.74, 6) is 0.828. The average molecular weight is 265 g/mol. The van der Waals surface area contributed by atoms with Crippen LogP contribution in [0.25, 0.3) is 0 Å². The zero-order valence-corrected chi connectivity index (χ0v) is 12.8. The normalized spacial score (nSPS) is 32.1. The van der Waals surface area contributed by atoms with Gasteiger partial charge in [0, 0.05) is 13.1 Å². The van der Waals surface area contributed by atoms with Gasteiger partial charge in [0.25, 0.3) is 0 Å². The third-order valence-electron chi connectivity index (χ3n) is 6.07. The molecule has 0 bridgehead atoms. The zero-order chi connectivity index (χ0) is 13.3. The smallest absolute Gasteiger partial charge is 0.0708 e. The summed E-state index contributed by atoms with van der Waals surface area (Å²) in [7, 11) is 0. The lowest BCUT2D eigenvalue weighted by molar-refractivity contribution is -0.0626. The second kappa shape index (κ2) is 5.37. The quantitative estimate of drug-likeness (QED) is 0.814. The van der Waals surface area contributed by atoms with Crippen LogP contribution in [-0.4, -0.2) is 24.8 Å². The fourth-order valence-electron chi connectivity index (χ4n) is 4.20. The third-order valence-corrected chi connectivity index (χ3v) is 6.07. The Morgan fingerprint density at radius 1 is 1.05 bits per heavy atom. The van der Waals surface area contributed by atoms with Crippen molar-refractivity contribution in [1.82, 2.24) is 5.32 Å². The van der Waals surface area contributed by atoms with E-state index in [0.717, 1.165) is 12.5 Å². The van der Waals surface area contributed by atoms with E-state index in [-0.39, 0.29) is 0 Å². The van der Waals surface area contributed by atoms with Crippen molar-refractivity contribution in [3.05, 3.63) is 0 Å². The van der Waals surface area contributed by atoms with Crippen LogP contribution in [-0.2, 0) is 4.74 Å². The van der Waals surface area contributed by atoms with Gasteiger partial charge in [0.2, 0.25) is 0 Å². The Morgan fingerprint density at radius 3 is 2.42 bits per heavy atom. The summed E-state index contributed by atoms with van der Waals surface area (Å²) in [6.07, 6.45) is 12.8. The summed E-state index contributed by atoms with van der Waals surface area (Å²) in [5.41, 5.74) is 0.918. The van der Waals surface area contributed by atoms with Gasteiger partial charge in [0.15, 0.2) is 0 Å². The number of nitrogens with one attached hydrogen (secondary N) is 1. The highest BCUT2D eigenvalue weighted by atomic mass is 16.5. The first-order chi connectivity index (χ1) is 9.14. The van der Waals surface area contributed by atoms with Gasteiger partial charge in [0.05, 0.1) is 11.7 Å². The molecule has 1 spiro atoms. The lowest BCUT2D eigenvalue weighted by Gasteiger charge is -2.33. The van der Waals surface area contributed by atoms with Crippen molar-refractivity contribution in [2.75, 3.05) is 13.1 Å². The number of rotatable bonds is 5. The molecule has 3 aliphatic rings. The van der Waals surface area contributed by atoms with Crippen LogP contribution in [0.15, 0.2) is 0 Å². The number of hydrogen-bond donors (Lipinski definition) is 1. The van der Waals surface area contributed by atoms with Crippen molar-refractivity contribution in [2.24, 2.45) is 11.3 Å². The summed E-state index contributed by atoms with van der Waals surface area (Å²) in [6, 6.07) is 0. The first kappa shape index (κ1) is 13.9. The van der Waals surface area contributed by atoms with Crippen LogP contribution in [0.5, 0.6) is 0 Å². The summed E-state index contributed by atoms with van der Waals surface area (Å²) in [4.78, 5) is 0. The van der Waals surface area contributed by atoms with Crippen LogP contribution in [0.1, 0.15) is 71.6 Å². The Kier molecular flexibility index (Phi) is 3.92. The van der Waals surface area contributed by atoms with Gasteiger partial charge in [-0.25, -0.2) is 0 Å². The maximum atomic E-state index is 6.42. The number of ether oxygens (including phenoxy) is 1. The minimum Gasteiger partial charge on any atom is -0.370 e. The Labute approximate surface area is 118 Å². The molecule has 2 saturated carbocycles. The predicted octanol–water partition coefficient (Wildman–Crippen LogP) is 3.89. The van der Waals surface area contributed by atoms with Crippen LogP contribution < -0.4 is 5.32 Å². The van der Waals surface area contributed by atoms with E-state index in [1.807, 2.05) is 0 Å². The molecule has 2 aliphatic carbocycles. The van der Waals surface area contributed by atoms with Gasteiger partial charge in [-0.1, -0.05) is 33.1 Å². The van der Waals surface area contributed by atoms with Gasteiger partial charge in [-0.05, 0) is 49.9 Å². The molecule has 1 unspecified atom stereocenters. The standard InChI is InChI=1S/C17H31NO/c1-14(2)16(10-11-16)13-18-12-15-6-9-17(19-15)7-4-3-5-8-17/h14-15,18H,3-13H2,1-2H3. The minimum absolute atomic E-state index is 0.292. The van der Waals surface area contributed by atoms with E-state index in [1.165, 1.54) is 64.3 Å². The van der Waals surface area contributed by atoms with Crippen molar-refractivity contribution in [3.8, 4) is 0 Å². The van der Waals surface area contributed by atoms with Gasteiger partial charge in [-0.3, -0.25) is 0 Å². The topological polar surface area (TPSA) is 21.3 Å². The average Bonchev–Trinajstić information content (AvgIpc) is 3.10. The maximum Gasteiger partial charge on any atom is 0.0708 e. The fraction of sp³-hybridized carbons (Fsp3) is 1.00. The molecule has 0 radical (unpaired) electrons. The van der Waals surface area contributed by atoms with Crippen LogP contribution in [0, 0.1) is 11.3 Å². The van der Waals surface area contributed by atoms with E-state index in [2.05, 4.69) is 19.2 Å². The zero-order valence-electron chi connectivity index (χ0n) is 12.8. The van der Waals surface area contributed by atoms with Gasteiger partial charge >= 0.3 is 0 Å². The van der Waals surface area contributed by atoms with Crippen molar-refractivity contribution in [2.45, 2.75) is 83.3 Å².